The highest BCUT2D eigenvalue weighted by Gasteiger charge is 2.27. The van der Waals surface area contributed by atoms with Crippen LogP contribution in [0.1, 0.15) is 13.8 Å². The summed E-state index contributed by atoms with van der Waals surface area (Å²) in [6.07, 6.45) is 1.67. The molecule has 1 aromatic rings. The van der Waals surface area contributed by atoms with Crippen LogP contribution in [0.15, 0.2) is 35.9 Å². The predicted molar refractivity (Wildman–Crippen MR) is 96.7 cm³/mol. The molecule has 2 aliphatic rings. The first-order chi connectivity index (χ1) is 12.0. The topological polar surface area (TPSA) is 53.1 Å². The van der Waals surface area contributed by atoms with E-state index in [-0.39, 0.29) is 11.8 Å². The lowest BCUT2D eigenvalue weighted by Gasteiger charge is -2.36. The highest BCUT2D eigenvalue weighted by Crippen LogP contribution is 2.30. The van der Waals surface area contributed by atoms with Crippen molar-refractivity contribution in [3.63, 3.8) is 0 Å². The summed E-state index contributed by atoms with van der Waals surface area (Å²) < 4.78 is 5.61. The van der Waals surface area contributed by atoms with E-state index in [1.807, 2.05) is 43.0 Å². The van der Waals surface area contributed by atoms with Gasteiger partial charge in [-0.1, -0.05) is 17.7 Å². The number of anilines is 1. The van der Waals surface area contributed by atoms with Crippen LogP contribution in [-0.2, 0) is 9.59 Å². The number of ether oxygens (including phenoxy) is 1. The van der Waals surface area contributed by atoms with E-state index in [1.165, 1.54) is 0 Å². The molecule has 1 fully saturated rings. The molecule has 2 heterocycles. The molecule has 0 atom stereocenters. The molecule has 6 heteroatoms. The zero-order chi connectivity index (χ0) is 17.8. The first-order valence-electron chi connectivity index (χ1n) is 8.73. The molecule has 134 valence electrons. The largest absolute Gasteiger partial charge is 0.490 e. The van der Waals surface area contributed by atoms with Crippen molar-refractivity contribution in [1.29, 1.82) is 0 Å². The van der Waals surface area contributed by atoms with E-state index < -0.39 is 0 Å². The van der Waals surface area contributed by atoms with Gasteiger partial charge in [0.1, 0.15) is 12.4 Å². The van der Waals surface area contributed by atoms with Crippen LogP contribution in [0.2, 0.25) is 0 Å². The van der Waals surface area contributed by atoms with Crippen LogP contribution in [-0.4, -0.2) is 67.5 Å². The Labute approximate surface area is 148 Å². The molecular formula is C19H25N3O3. The molecule has 0 aliphatic carbocycles. The predicted octanol–water partition coefficient (Wildman–Crippen LogP) is 1.52. The van der Waals surface area contributed by atoms with Crippen LogP contribution in [0, 0.1) is 0 Å². The maximum Gasteiger partial charge on any atom is 0.246 e. The summed E-state index contributed by atoms with van der Waals surface area (Å²) in [6.45, 7) is 8.09. The molecule has 3 rings (SSSR count). The summed E-state index contributed by atoms with van der Waals surface area (Å²) in [6, 6.07) is 7.64. The van der Waals surface area contributed by atoms with Crippen molar-refractivity contribution >= 4 is 17.5 Å². The minimum absolute atomic E-state index is 0.0630. The molecule has 0 unspecified atom stereocenters. The van der Waals surface area contributed by atoms with Gasteiger partial charge in [0.15, 0.2) is 0 Å². The Bertz CT molecular complexity index is 674. The fraction of sp³-hybridized carbons (Fsp3) is 0.474. The van der Waals surface area contributed by atoms with Crippen molar-refractivity contribution in [2.75, 3.05) is 50.8 Å². The minimum atomic E-state index is 0.0630. The van der Waals surface area contributed by atoms with E-state index in [9.17, 15) is 9.59 Å². The number of rotatable bonds is 3. The molecule has 0 bridgehead atoms. The zero-order valence-corrected chi connectivity index (χ0v) is 14.9. The first kappa shape index (κ1) is 17.5. The molecule has 0 saturated carbocycles. The standard InChI is InChI=1S/C19H25N3O3/c1-15(2)13-18(23)21-9-7-20(8-10-21)14-19(24)22-11-12-25-17-6-4-3-5-16(17)22/h3-6,13H,7-12,14H2,1-2H3. The minimum Gasteiger partial charge on any atom is -0.490 e. The van der Waals surface area contributed by atoms with E-state index in [1.54, 1.807) is 11.0 Å². The number of nitrogens with zero attached hydrogens (tertiary/aromatic N) is 3. The maximum absolute atomic E-state index is 12.7. The van der Waals surface area contributed by atoms with Crippen molar-refractivity contribution in [2.45, 2.75) is 13.8 Å². The molecule has 0 aromatic heterocycles. The number of hydrogen-bond donors (Lipinski definition) is 0. The number of carbonyl (C=O) groups is 2. The van der Waals surface area contributed by atoms with E-state index in [2.05, 4.69) is 4.90 Å². The van der Waals surface area contributed by atoms with Crippen molar-refractivity contribution in [2.24, 2.45) is 0 Å². The van der Waals surface area contributed by atoms with Crippen LogP contribution in [0.5, 0.6) is 5.75 Å². The van der Waals surface area contributed by atoms with Crippen molar-refractivity contribution in [3.05, 3.63) is 35.9 Å². The molecule has 1 aromatic carbocycles. The average molecular weight is 343 g/mol. The van der Waals surface area contributed by atoms with E-state index in [0.29, 0.717) is 32.8 Å². The number of allylic oxidation sites excluding steroid dienone is 1. The van der Waals surface area contributed by atoms with Crippen LogP contribution < -0.4 is 9.64 Å². The van der Waals surface area contributed by atoms with Gasteiger partial charge in [0, 0.05) is 32.3 Å². The SMILES string of the molecule is CC(C)=CC(=O)N1CCN(CC(=O)N2CCOc3ccccc32)CC1. The van der Waals surface area contributed by atoms with Crippen LogP contribution >= 0.6 is 0 Å². The third kappa shape index (κ3) is 4.20. The van der Waals surface area contributed by atoms with Gasteiger partial charge in [-0.05, 0) is 26.0 Å². The number of carbonyl (C=O) groups excluding carboxylic acids is 2. The Hall–Kier alpha value is -2.34. The monoisotopic (exact) mass is 343 g/mol. The first-order valence-corrected chi connectivity index (χ1v) is 8.73. The molecule has 0 radical (unpaired) electrons. The highest BCUT2D eigenvalue weighted by molar-refractivity contribution is 5.96. The summed E-state index contributed by atoms with van der Waals surface area (Å²) in [5, 5.41) is 0. The van der Waals surface area contributed by atoms with Crippen molar-refractivity contribution < 1.29 is 14.3 Å². The second-order valence-electron chi connectivity index (χ2n) is 6.68. The number of amides is 2. The average Bonchev–Trinajstić information content (AvgIpc) is 2.61. The summed E-state index contributed by atoms with van der Waals surface area (Å²) in [5.74, 6) is 0.909. The summed E-state index contributed by atoms with van der Waals surface area (Å²) >= 11 is 0. The Kier molecular flexibility index (Phi) is 5.38. The third-order valence-corrected chi connectivity index (χ3v) is 4.48. The lowest BCUT2D eigenvalue weighted by molar-refractivity contribution is -0.128. The summed E-state index contributed by atoms with van der Waals surface area (Å²) in [4.78, 5) is 30.6. The molecule has 0 spiro atoms. The second-order valence-corrected chi connectivity index (χ2v) is 6.68. The molecule has 2 amide bonds. The van der Waals surface area contributed by atoms with Gasteiger partial charge in [-0.15, -0.1) is 0 Å². The van der Waals surface area contributed by atoms with Gasteiger partial charge in [0.05, 0.1) is 18.8 Å². The van der Waals surface area contributed by atoms with Gasteiger partial charge in [0.2, 0.25) is 11.8 Å². The molecule has 6 nitrogen and oxygen atoms in total. The Morgan fingerprint density at radius 2 is 1.80 bits per heavy atom. The molecule has 1 saturated heterocycles. The van der Waals surface area contributed by atoms with Crippen LogP contribution in [0.25, 0.3) is 0 Å². The van der Waals surface area contributed by atoms with Gasteiger partial charge >= 0.3 is 0 Å². The fourth-order valence-electron chi connectivity index (χ4n) is 3.17. The number of piperazine rings is 1. The van der Waals surface area contributed by atoms with Gasteiger partial charge in [-0.3, -0.25) is 14.5 Å². The quantitative estimate of drug-likeness (QED) is 0.781. The van der Waals surface area contributed by atoms with Gasteiger partial charge in [-0.25, -0.2) is 0 Å². The second kappa shape index (κ2) is 7.70. The Morgan fingerprint density at radius 3 is 2.52 bits per heavy atom. The van der Waals surface area contributed by atoms with Gasteiger partial charge in [0.25, 0.3) is 0 Å². The smallest absolute Gasteiger partial charge is 0.246 e. The molecule has 0 N–H and O–H groups in total. The summed E-state index contributed by atoms with van der Waals surface area (Å²) in [7, 11) is 0. The zero-order valence-electron chi connectivity index (χ0n) is 14.9. The lowest BCUT2D eigenvalue weighted by Crippen LogP contribution is -2.52. The maximum atomic E-state index is 12.7. The lowest BCUT2D eigenvalue weighted by atomic mass is 10.2. The van der Waals surface area contributed by atoms with Crippen molar-refractivity contribution in [3.8, 4) is 5.75 Å². The number of para-hydroxylation sites is 2. The third-order valence-electron chi connectivity index (χ3n) is 4.48. The van der Waals surface area contributed by atoms with Crippen LogP contribution in [0.3, 0.4) is 0 Å². The van der Waals surface area contributed by atoms with E-state index >= 15 is 0 Å². The van der Waals surface area contributed by atoms with Crippen molar-refractivity contribution in [1.82, 2.24) is 9.80 Å². The highest BCUT2D eigenvalue weighted by atomic mass is 16.5. The fourth-order valence-corrected chi connectivity index (χ4v) is 3.17. The van der Waals surface area contributed by atoms with Gasteiger partial charge in [-0.2, -0.15) is 0 Å². The molecule has 25 heavy (non-hydrogen) atoms. The number of benzene rings is 1. The number of fused-ring (bicyclic) bond motifs is 1. The van der Waals surface area contributed by atoms with Crippen LogP contribution in [0.4, 0.5) is 5.69 Å². The summed E-state index contributed by atoms with van der Waals surface area (Å²) in [5.41, 5.74) is 1.85. The Morgan fingerprint density at radius 1 is 1.08 bits per heavy atom. The number of hydrogen-bond acceptors (Lipinski definition) is 4. The van der Waals surface area contributed by atoms with Gasteiger partial charge < -0.3 is 14.5 Å². The Balaban J connectivity index is 1.55. The van der Waals surface area contributed by atoms with E-state index in [4.69, 9.17) is 4.74 Å². The normalized spacial score (nSPS) is 17.5. The molecule has 2 aliphatic heterocycles. The van der Waals surface area contributed by atoms with E-state index in [0.717, 1.165) is 30.1 Å². The molecular weight excluding hydrogens is 318 g/mol.